The molecule has 7 heteroatoms. The van der Waals surface area contributed by atoms with Crippen LogP contribution in [-0.4, -0.2) is 66.4 Å². The molecule has 0 bridgehead atoms. The van der Waals surface area contributed by atoms with E-state index in [1.807, 2.05) is 11.8 Å². The number of carbonyl (C=O) groups is 2. The van der Waals surface area contributed by atoms with Crippen molar-refractivity contribution in [1.29, 1.82) is 0 Å². The van der Waals surface area contributed by atoms with Crippen molar-refractivity contribution in [2.45, 2.75) is 44.2 Å². The zero-order valence-electron chi connectivity index (χ0n) is 12.8. The van der Waals surface area contributed by atoms with Gasteiger partial charge in [0.25, 0.3) is 0 Å². The van der Waals surface area contributed by atoms with Gasteiger partial charge in [0.2, 0.25) is 0 Å². The number of hydrogen-bond donors (Lipinski definition) is 2. The molecule has 0 aromatic heterocycles. The molecule has 1 fully saturated rings. The van der Waals surface area contributed by atoms with Gasteiger partial charge in [-0.2, -0.15) is 11.8 Å². The van der Waals surface area contributed by atoms with Crippen LogP contribution in [0.2, 0.25) is 0 Å². The first-order valence-corrected chi connectivity index (χ1v) is 8.78. The van der Waals surface area contributed by atoms with Gasteiger partial charge in [0.05, 0.1) is 6.10 Å². The third-order valence-electron chi connectivity index (χ3n) is 3.69. The summed E-state index contributed by atoms with van der Waals surface area (Å²) in [5.41, 5.74) is 0. The molecule has 2 amide bonds. The molecule has 1 rings (SSSR count). The quantitative estimate of drug-likeness (QED) is 0.634. The van der Waals surface area contributed by atoms with E-state index in [4.69, 9.17) is 9.84 Å². The molecule has 1 heterocycles. The Labute approximate surface area is 130 Å². The SMILES string of the molecule is COC1CC(C(=O)O)N(C(=O)NCCCCCCSC)C1. The van der Waals surface area contributed by atoms with E-state index in [9.17, 15) is 9.59 Å². The number of rotatable bonds is 9. The number of methoxy groups -OCH3 is 1. The third-order valence-corrected chi connectivity index (χ3v) is 4.39. The normalized spacial score (nSPS) is 21.5. The number of aliphatic carboxylic acids is 1. The van der Waals surface area contributed by atoms with E-state index < -0.39 is 12.0 Å². The molecular weight excluding hydrogens is 292 g/mol. The van der Waals surface area contributed by atoms with Crippen LogP contribution in [0.3, 0.4) is 0 Å². The Bertz CT molecular complexity index is 341. The van der Waals surface area contributed by atoms with E-state index in [1.54, 1.807) is 7.11 Å². The number of ether oxygens (including phenoxy) is 1. The second kappa shape index (κ2) is 9.89. The van der Waals surface area contributed by atoms with Crippen molar-refractivity contribution in [2.24, 2.45) is 0 Å². The van der Waals surface area contributed by atoms with Gasteiger partial charge in [-0.05, 0) is 24.9 Å². The number of carboxylic acid groups (broad SMARTS) is 1. The van der Waals surface area contributed by atoms with E-state index in [0.29, 0.717) is 19.5 Å². The summed E-state index contributed by atoms with van der Waals surface area (Å²) < 4.78 is 5.17. The van der Waals surface area contributed by atoms with Crippen LogP contribution in [0.15, 0.2) is 0 Å². The predicted molar refractivity (Wildman–Crippen MR) is 83.8 cm³/mol. The van der Waals surface area contributed by atoms with Crippen molar-refractivity contribution in [3.8, 4) is 0 Å². The Morgan fingerprint density at radius 2 is 2.05 bits per heavy atom. The summed E-state index contributed by atoms with van der Waals surface area (Å²) in [6, 6.07) is -1.08. The highest BCUT2D eigenvalue weighted by Gasteiger charge is 2.39. The fourth-order valence-electron chi connectivity index (χ4n) is 2.45. The largest absolute Gasteiger partial charge is 0.480 e. The molecular formula is C14H26N2O4S. The summed E-state index contributed by atoms with van der Waals surface area (Å²) in [6.45, 7) is 0.936. The molecule has 1 aliphatic heterocycles. The van der Waals surface area contributed by atoms with Crippen LogP contribution >= 0.6 is 11.8 Å². The predicted octanol–water partition coefficient (Wildman–Crippen LogP) is 1.79. The molecule has 6 nitrogen and oxygen atoms in total. The number of carbonyl (C=O) groups excluding carboxylic acids is 1. The molecule has 2 atom stereocenters. The number of urea groups is 1. The van der Waals surface area contributed by atoms with Gasteiger partial charge in [-0.3, -0.25) is 0 Å². The Hall–Kier alpha value is -0.950. The van der Waals surface area contributed by atoms with Crippen LogP contribution in [0.5, 0.6) is 0 Å². The molecule has 1 aliphatic rings. The summed E-state index contributed by atoms with van der Waals surface area (Å²) in [7, 11) is 1.54. The van der Waals surface area contributed by atoms with Gasteiger partial charge in [0.1, 0.15) is 6.04 Å². The lowest BCUT2D eigenvalue weighted by Gasteiger charge is -2.21. The van der Waals surface area contributed by atoms with Crippen molar-refractivity contribution in [2.75, 3.05) is 32.2 Å². The molecule has 0 saturated carbocycles. The maximum absolute atomic E-state index is 12.0. The number of amides is 2. The minimum atomic E-state index is -0.971. The fraction of sp³-hybridized carbons (Fsp3) is 0.857. The maximum Gasteiger partial charge on any atom is 0.326 e. The van der Waals surface area contributed by atoms with Crippen molar-refractivity contribution < 1.29 is 19.4 Å². The highest BCUT2D eigenvalue weighted by atomic mass is 32.2. The van der Waals surface area contributed by atoms with Crippen LogP contribution in [0, 0.1) is 0 Å². The Balaban J connectivity index is 2.25. The Morgan fingerprint density at radius 3 is 2.67 bits per heavy atom. The van der Waals surface area contributed by atoms with Crippen molar-refractivity contribution in [1.82, 2.24) is 10.2 Å². The molecule has 21 heavy (non-hydrogen) atoms. The molecule has 0 radical (unpaired) electrons. The first-order valence-electron chi connectivity index (χ1n) is 7.39. The zero-order valence-corrected chi connectivity index (χ0v) is 13.7. The summed E-state index contributed by atoms with van der Waals surface area (Å²) >= 11 is 1.85. The summed E-state index contributed by atoms with van der Waals surface area (Å²) in [4.78, 5) is 24.6. The molecule has 0 aromatic carbocycles. The minimum Gasteiger partial charge on any atom is -0.480 e. The van der Waals surface area contributed by atoms with E-state index in [-0.39, 0.29) is 12.1 Å². The van der Waals surface area contributed by atoms with Gasteiger partial charge in [-0.15, -0.1) is 0 Å². The number of carboxylic acids is 1. The topological polar surface area (TPSA) is 78.9 Å². The van der Waals surface area contributed by atoms with Gasteiger partial charge < -0.3 is 20.1 Å². The van der Waals surface area contributed by atoms with E-state index in [2.05, 4.69) is 11.6 Å². The van der Waals surface area contributed by atoms with Gasteiger partial charge in [0.15, 0.2) is 0 Å². The Morgan fingerprint density at radius 1 is 1.33 bits per heavy atom. The van der Waals surface area contributed by atoms with Crippen LogP contribution < -0.4 is 5.32 Å². The highest BCUT2D eigenvalue weighted by Crippen LogP contribution is 2.20. The highest BCUT2D eigenvalue weighted by molar-refractivity contribution is 7.98. The van der Waals surface area contributed by atoms with Gasteiger partial charge >= 0.3 is 12.0 Å². The molecule has 0 aromatic rings. The summed E-state index contributed by atoms with van der Waals surface area (Å²) in [5.74, 6) is 0.209. The third kappa shape index (κ3) is 6.13. The molecule has 1 saturated heterocycles. The van der Waals surface area contributed by atoms with Crippen molar-refractivity contribution in [3.05, 3.63) is 0 Å². The van der Waals surface area contributed by atoms with Crippen LogP contribution in [0.25, 0.3) is 0 Å². The van der Waals surface area contributed by atoms with E-state index >= 15 is 0 Å². The van der Waals surface area contributed by atoms with E-state index in [1.165, 1.54) is 23.5 Å². The average Bonchev–Trinajstić information content (AvgIpc) is 2.90. The molecule has 2 unspecified atom stereocenters. The molecule has 0 aliphatic carbocycles. The lowest BCUT2D eigenvalue weighted by atomic mass is 10.2. The first-order chi connectivity index (χ1) is 10.1. The van der Waals surface area contributed by atoms with E-state index in [0.717, 1.165) is 12.8 Å². The van der Waals surface area contributed by atoms with Gasteiger partial charge in [-0.25, -0.2) is 9.59 Å². The van der Waals surface area contributed by atoms with Crippen LogP contribution in [-0.2, 0) is 9.53 Å². The standard InChI is InChI=1S/C14H26N2O4S/c1-20-11-9-12(13(17)18)16(10-11)14(19)15-7-5-3-4-6-8-21-2/h11-12H,3-10H2,1-2H3,(H,15,19)(H,17,18). The molecule has 122 valence electrons. The van der Waals surface area contributed by atoms with Crippen molar-refractivity contribution >= 4 is 23.8 Å². The number of likely N-dealkylation sites (tertiary alicyclic amines) is 1. The zero-order chi connectivity index (χ0) is 15.7. The smallest absolute Gasteiger partial charge is 0.326 e. The summed E-state index contributed by atoms with van der Waals surface area (Å²) in [6.07, 6.45) is 6.66. The lowest BCUT2D eigenvalue weighted by molar-refractivity contribution is -0.141. The summed E-state index contributed by atoms with van der Waals surface area (Å²) in [5, 5.41) is 12.0. The van der Waals surface area contributed by atoms with Crippen LogP contribution in [0.1, 0.15) is 32.1 Å². The number of nitrogens with zero attached hydrogens (tertiary/aromatic N) is 1. The maximum atomic E-state index is 12.0. The number of hydrogen-bond acceptors (Lipinski definition) is 4. The fourth-order valence-corrected chi connectivity index (χ4v) is 2.94. The van der Waals surface area contributed by atoms with Gasteiger partial charge in [0, 0.05) is 26.6 Å². The van der Waals surface area contributed by atoms with Crippen LogP contribution in [0.4, 0.5) is 4.79 Å². The number of nitrogens with one attached hydrogen (secondary N) is 1. The Kier molecular flexibility index (Phi) is 8.52. The molecule has 2 N–H and O–H groups in total. The second-order valence-corrected chi connectivity index (χ2v) is 6.22. The molecule has 0 spiro atoms. The first kappa shape index (κ1) is 18.1. The average molecular weight is 318 g/mol. The number of unbranched alkanes of at least 4 members (excludes halogenated alkanes) is 3. The lowest BCUT2D eigenvalue weighted by Crippen LogP contribution is -2.46. The van der Waals surface area contributed by atoms with Crippen molar-refractivity contribution in [3.63, 3.8) is 0 Å². The van der Waals surface area contributed by atoms with Gasteiger partial charge in [-0.1, -0.05) is 12.8 Å². The monoisotopic (exact) mass is 318 g/mol. The minimum absolute atomic E-state index is 0.191. The second-order valence-electron chi connectivity index (χ2n) is 5.24. The number of thioether (sulfide) groups is 1.